The number of hydrogen-bond acceptors (Lipinski definition) is 6. The van der Waals surface area contributed by atoms with Gasteiger partial charge in [0.25, 0.3) is 0 Å². The lowest BCUT2D eigenvalue weighted by molar-refractivity contribution is -0.139. The Morgan fingerprint density at radius 2 is 2.12 bits per heavy atom. The molecule has 0 aliphatic rings. The fraction of sp³-hybridized carbons (Fsp3) is 0.400. The van der Waals surface area contributed by atoms with Crippen LogP contribution in [0.4, 0.5) is 0 Å². The van der Waals surface area contributed by atoms with Crippen molar-refractivity contribution in [2.45, 2.75) is 13.3 Å². The van der Waals surface area contributed by atoms with Gasteiger partial charge in [-0.1, -0.05) is 0 Å². The minimum Gasteiger partial charge on any atom is -0.504 e. The van der Waals surface area contributed by atoms with Crippen molar-refractivity contribution < 1.29 is 24.2 Å². The fourth-order valence-electron chi connectivity index (χ4n) is 1.65. The SMILES string of the molecule is CCOc1cc(/C=N\NC(=O)C(=O)NCCCOC)cc(I)c1O. The molecule has 0 saturated carbocycles. The average Bonchev–Trinajstić information content (AvgIpc) is 2.56. The molecule has 2 amide bonds. The summed E-state index contributed by atoms with van der Waals surface area (Å²) >= 11 is 1.96. The maximum atomic E-state index is 11.6. The zero-order valence-corrected chi connectivity index (χ0v) is 15.6. The number of hydrazone groups is 1. The van der Waals surface area contributed by atoms with E-state index in [0.29, 0.717) is 41.1 Å². The zero-order chi connectivity index (χ0) is 17.9. The van der Waals surface area contributed by atoms with E-state index in [0.717, 1.165) is 0 Å². The van der Waals surface area contributed by atoms with Gasteiger partial charge in [-0.3, -0.25) is 9.59 Å². The van der Waals surface area contributed by atoms with Crippen LogP contribution in [0.25, 0.3) is 0 Å². The quantitative estimate of drug-likeness (QED) is 0.180. The second-order valence-corrected chi connectivity index (χ2v) is 5.75. The monoisotopic (exact) mass is 449 g/mol. The summed E-state index contributed by atoms with van der Waals surface area (Å²) in [5.74, 6) is -1.25. The van der Waals surface area contributed by atoms with E-state index < -0.39 is 11.8 Å². The number of rotatable bonds is 8. The number of amides is 2. The molecular weight excluding hydrogens is 429 g/mol. The Kier molecular flexibility index (Phi) is 9.08. The van der Waals surface area contributed by atoms with Gasteiger partial charge in [-0.25, -0.2) is 5.43 Å². The van der Waals surface area contributed by atoms with Crippen LogP contribution in [-0.2, 0) is 14.3 Å². The summed E-state index contributed by atoms with van der Waals surface area (Å²) in [4.78, 5) is 23.0. The van der Waals surface area contributed by atoms with Gasteiger partial charge < -0.3 is 19.9 Å². The van der Waals surface area contributed by atoms with Gasteiger partial charge in [0.15, 0.2) is 11.5 Å². The van der Waals surface area contributed by atoms with Crippen molar-refractivity contribution in [3.05, 3.63) is 21.3 Å². The van der Waals surface area contributed by atoms with E-state index in [-0.39, 0.29) is 5.75 Å². The lowest BCUT2D eigenvalue weighted by Gasteiger charge is -2.08. The van der Waals surface area contributed by atoms with Gasteiger partial charge in [0, 0.05) is 20.3 Å². The molecule has 132 valence electrons. The second kappa shape index (κ2) is 10.8. The van der Waals surface area contributed by atoms with E-state index in [1.54, 1.807) is 26.2 Å². The number of ether oxygens (including phenoxy) is 2. The first-order chi connectivity index (χ1) is 11.5. The van der Waals surface area contributed by atoms with Crippen molar-refractivity contribution >= 4 is 40.6 Å². The number of nitrogens with zero attached hydrogens (tertiary/aromatic N) is 1. The molecule has 1 aromatic rings. The highest BCUT2D eigenvalue weighted by Crippen LogP contribution is 2.32. The number of nitrogens with one attached hydrogen (secondary N) is 2. The summed E-state index contributed by atoms with van der Waals surface area (Å²) in [6.07, 6.45) is 1.98. The van der Waals surface area contributed by atoms with Crippen LogP contribution in [0.2, 0.25) is 0 Å². The van der Waals surface area contributed by atoms with Gasteiger partial charge in [0.05, 0.1) is 16.4 Å². The number of carbonyl (C=O) groups excluding carboxylic acids is 2. The first-order valence-electron chi connectivity index (χ1n) is 7.25. The molecule has 3 N–H and O–H groups in total. The maximum absolute atomic E-state index is 11.6. The standard InChI is InChI=1S/C15H20IN3O5/c1-3-24-12-8-10(7-11(16)13(12)20)9-18-19-15(22)14(21)17-5-4-6-23-2/h7-9,20H,3-6H2,1-2H3,(H,17,21)(H,19,22)/b18-9-. The molecule has 1 aromatic carbocycles. The highest BCUT2D eigenvalue weighted by atomic mass is 127. The smallest absolute Gasteiger partial charge is 0.329 e. The summed E-state index contributed by atoms with van der Waals surface area (Å²) in [5.41, 5.74) is 2.75. The number of phenolic OH excluding ortho intramolecular Hbond substituents is 1. The average molecular weight is 449 g/mol. The molecule has 0 spiro atoms. The van der Waals surface area contributed by atoms with Gasteiger partial charge >= 0.3 is 11.8 Å². The first-order valence-corrected chi connectivity index (χ1v) is 8.33. The third kappa shape index (κ3) is 6.71. The van der Waals surface area contributed by atoms with Crippen molar-refractivity contribution in [1.29, 1.82) is 0 Å². The molecule has 0 bridgehead atoms. The van der Waals surface area contributed by atoms with Gasteiger partial charge in [-0.05, 0) is 53.6 Å². The Morgan fingerprint density at radius 3 is 2.79 bits per heavy atom. The Bertz CT molecular complexity index is 607. The molecule has 0 aromatic heterocycles. The first kappa shape index (κ1) is 20.2. The number of hydrogen-bond donors (Lipinski definition) is 3. The lowest BCUT2D eigenvalue weighted by atomic mass is 10.2. The molecule has 0 atom stereocenters. The van der Waals surface area contributed by atoms with E-state index in [4.69, 9.17) is 9.47 Å². The summed E-state index contributed by atoms with van der Waals surface area (Å²) < 4.78 is 10.7. The van der Waals surface area contributed by atoms with Crippen LogP contribution in [-0.4, -0.2) is 50.0 Å². The predicted octanol–water partition coefficient (Wildman–Crippen LogP) is 0.998. The van der Waals surface area contributed by atoms with Crippen LogP contribution in [0.1, 0.15) is 18.9 Å². The van der Waals surface area contributed by atoms with Gasteiger partial charge in [-0.15, -0.1) is 0 Å². The molecule has 0 aliphatic heterocycles. The highest BCUT2D eigenvalue weighted by Gasteiger charge is 2.12. The summed E-state index contributed by atoms with van der Waals surface area (Å²) in [6, 6.07) is 3.25. The largest absolute Gasteiger partial charge is 0.504 e. The Hall–Kier alpha value is -1.88. The molecule has 8 nitrogen and oxygen atoms in total. The Balaban J connectivity index is 2.57. The maximum Gasteiger partial charge on any atom is 0.329 e. The molecule has 24 heavy (non-hydrogen) atoms. The molecule has 0 aliphatic carbocycles. The number of halogens is 1. The van der Waals surface area contributed by atoms with Crippen molar-refractivity contribution in [2.24, 2.45) is 5.10 Å². The molecule has 0 heterocycles. The molecule has 0 radical (unpaired) electrons. The van der Waals surface area contributed by atoms with Crippen LogP contribution in [0.3, 0.4) is 0 Å². The Labute approximate surface area is 153 Å². The van der Waals surface area contributed by atoms with Gasteiger partial charge in [-0.2, -0.15) is 5.10 Å². The van der Waals surface area contributed by atoms with Gasteiger partial charge in [0.2, 0.25) is 0 Å². The van der Waals surface area contributed by atoms with Crippen molar-refractivity contribution in [3.63, 3.8) is 0 Å². The lowest BCUT2D eigenvalue weighted by Crippen LogP contribution is -2.38. The topological polar surface area (TPSA) is 109 Å². The summed E-state index contributed by atoms with van der Waals surface area (Å²) in [7, 11) is 1.56. The zero-order valence-electron chi connectivity index (χ0n) is 13.5. The van der Waals surface area contributed by atoms with E-state index in [1.807, 2.05) is 22.6 Å². The van der Waals surface area contributed by atoms with Crippen LogP contribution in [0.5, 0.6) is 11.5 Å². The second-order valence-electron chi connectivity index (χ2n) is 4.58. The molecule has 0 unspecified atom stereocenters. The minimum absolute atomic E-state index is 0.0501. The summed E-state index contributed by atoms with van der Waals surface area (Å²) in [6.45, 7) is 3.06. The highest BCUT2D eigenvalue weighted by molar-refractivity contribution is 14.1. The molecule has 1 rings (SSSR count). The van der Waals surface area contributed by atoms with Crippen LogP contribution in [0, 0.1) is 3.57 Å². The van der Waals surface area contributed by atoms with E-state index >= 15 is 0 Å². The third-order valence-corrected chi connectivity index (χ3v) is 3.57. The molecule has 9 heteroatoms. The number of aromatic hydroxyl groups is 1. The minimum atomic E-state index is -0.859. The van der Waals surface area contributed by atoms with Crippen LogP contribution < -0.4 is 15.5 Å². The molecule has 0 fully saturated rings. The molecule has 0 saturated heterocycles. The number of phenols is 1. The van der Waals surface area contributed by atoms with Crippen LogP contribution in [0.15, 0.2) is 17.2 Å². The predicted molar refractivity (Wildman–Crippen MR) is 97.2 cm³/mol. The van der Waals surface area contributed by atoms with E-state index in [2.05, 4.69) is 15.8 Å². The van der Waals surface area contributed by atoms with E-state index in [1.165, 1.54) is 6.21 Å². The number of methoxy groups -OCH3 is 1. The number of benzene rings is 1. The fourth-order valence-corrected chi connectivity index (χ4v) is 2.27. The van der Waals surface area contributed by atoms with Crippen LogP contribution >= 0.6 is 22.6 Å². The summed E-state index contributed by atoms with van der Waals surface area (Å²) in [5, 5.41) is 16.0. The number of carbonyl (C=O) groups is 2. The molecular formula is C15H20IN3O5. The Morgan fingerprint density at radius 1 is 1.38 bits per heavy atom. The van der Waals surface area contributed by atoms with Crippen molar-refractivity contribution in [3.8, 4) is 11.5 Å². The van der Waals surface area contributed by atoms with Crippen molar-refractivity contribution in [1.82, 2.24) is 10.7 Å². The normalized spacial score (nSPS) is 10.6. The third-order valence-electron chi connectivity index (χ3n) is 2.75. The van der Waals surface area contributed by atoms with Gasteiger partial charge in [0.1, 0.15) is 0 Å². The van der Waals surface area contributed by atoms with Crippen molar-refractivity contribution in [2.75, 3.05) is 26.9 Å². The van der Waals surface area contributed by atoms with E-state index in [9.17, 15) is 14.7 Å².